The van der Waals surface area contributed by atoms with Gasteiger partial charge in [-0.15, -0.1) is 5.10 Å². The van der Waals surface area contributed by atoms with E-state index < -0.39 is 30.0 Å². The van der Waals surface area contributed by atoms with Crippen LogP contribution >= 0.6 is 0 Å². The Morgan fingerprint density at radius 1 is 0.786 bits per heavy atom. The molecule has 10 heteroatoms. The zero-order valence-corrected chi connectivity index (χ0v) is 22.4. The number of carboxylic acids is 2. The highest BCUT2D eigenvalue weighted by Crippen LogP contribution is 2.21. The summed E-state index contributed by atoms with van der Waals surface area (Å²) in [5, 5.41) is 39.8. The fourth-order valence-corrected chi connectivity index (χ4v) is 4.79. The van der Waals surface area contributed by atoms with Crippen molar-refractivity contribution in [1.82, 2.24) is 20.3 Å². The summed E-state index contributed by atoms with van der Waals surface area (Å²) in [6.07, 6.45) is -1.49. The number of benzene rings is 4. The molecule has 0 bridgehead atoms. The molecule has 212 valence electrons. The molecule has 4 N–H and O–H groups in total. The minimum Gasteiger partial charge on any atom is -0.479 e. The van der Waals surface area contributed by atoms with Crippen LogP contribution in [0.25, 0.3) is 22.2 Å². The normalized spacial score (nSPS) is 12.5. The maximum absolute atomic E-state index is 13.2. The van der Waals surface area contributed by atoms with Crippen LogP contribution in [0.4, 0.5) is 0 Å². The Bertz CT molecular complexity index is 1730. The molecule has 0 saturated heterocycles. The van der Waals surface area contributed by atoms with E-state index >= 15 is 0 Å². The van der Waals surface area contributed by atoms with Gasteiger partial charge in [0.05, 0.1) is 17.6 Å². The molecule has 10 nitrogen and oxygen atoms in total. The first-order chi connectivity index (χ1) is 20.3. The molecule has 5 rings (SSSR count). The van der Waals surface area contributed by atoms with Crippen LogP contribution in [0.5, 0.6) is 0 Å². The van der Waals surface area contributed by atoms with Crippen LogP contribution in [0.3, 0.4) is 0 Å². The lowest BCUT2D eigenvalue weighted by molar-refractivity contribution is -0.147. The fraction of sp³-hybridized carbons (Fsp3) is 0.156. The second kappa shape index (κ2) is 12.4. The van der Waals surface area contributed by atoms with Gasteiger partial charge in [0.15, 0.2) is 6.10 Å². The molecule has 0 aliphatic heterocycles. The molecular weight excluding hydrogens is 536 g/mol. The van der Waals surface area contributed by atoms with Gasteiger partial charge in [-0.1, -0.05) is 71.9 Å². The van der Waals surface area contributed by atoms with Crippen LogP contribution in [0.15, 0.2) is 97.1 Å². The number of carboxylic acid groups (broad SMARTS) is 2. The predicted molar refractivity (Wildman–Crippen MR) is 155 cm³/mol. The zero-order valence-electron chi connectivity index (χ0n) is 22.4. The number of fused-ring (bicyclic) bond motifs is 1. The first-order valence-corrected chi connectivity index (χ1v) is 13.3. The van der Waals surface area contributed by atoms with Gasteiger partial charge in [-0.3, -0.25) is 4.79 Å². The summed E-state index contributed by atoms with van der Waals surface area (Å²) in [6.45, 7) is 0.293. The van der Waals surface area contributed by atoms with Crippen molar-refractivity contribution in [3.8, 4) is 11.1 Å². The Labute approximate surface area is 240 Å². The third kappa shape index (κ3) is 6.68. The van der Waals surface area contributed by atoms with Crippen LogP contribution in [-0.2, 0) is 17.8 Å². The van der Waals surface area contributed by atoms with Gasteiger partial charge in [0.1, 0.15) is 5.52 Å². The van der Waals surface area contributed by atoms with Gasteiger partial charge in [0.25, 0.3) is 5.91 Å². The standard InChI is InChI=1S/C32H28N4O6/c37-29(32(41)42)18-26(16-20-9-11-23(12-10-20)22-6-2-1-3-7-22)33-30(38)24-13-14-28-27(17-24)34-35-36(28)19-21-5-4-8-25(15-21)31(39)40/h1-15,17,26,29,37H,16,18-19H2,(H,33,38)(H,39,40)(H,41,42)/t26?,29-/m1/s1. The Kier molecular flexibility index (Phi) is 8.35. The van der Waals surface area contributed by atoms with Gasteiger partial charge in [0.2, 0.25) is 0 Å². The topological polar surface area (TPSA) is 155 Å². The second-order valence-corrected chi connectivity index (χ2v) is 9.98. The van der Waals surface area contributed by atoms with E-state index in [1.165, 1.54) is 6.07 Å². The minimum atomic E-state index is -1.64. The zero-order chi connectivity index (χ0) is 29.6. The summed E-state index contributed by atoms with van der Waals surface area (Å²) < 4.78 is 1.61. The number of aliphatic carboxylic acids is 1. The monoisotopic (exact) mass is 564 g/mol. The van der Waals surface area contributed by atoms with E-state index in [0.717, 1.165) is 22.3 Å². The molecule has 1 unspecified atom stereocenters. The summed E-state index contributed by atoms with van der Waals surface area (Å²) in [6, 6.07) is 28.4. The maximum atomic E-state index is 13.2. The van der Waals surface area contributed by atoms with Crippen molar-refractivity contribution in [3.05, 3.63) is 119 Å². The van der Waals surface area contributed by atoms with Crippen molar-refractivity contribution >= 4 is 28.9 Å². The summed E-state index contributed by atoms with van der Waals surface area (Å²) in [5.41, 5.74) is 5.31. The highest BCUT2D eigenvalue weighted by Gasteiger charge is 2.23. The number of hydrogen-bond donors (Lipinski definition) is 4. The van der Waals surface area contributed by atoms with Crippen molar-refractivity contribution in [2.24, 2.45) is 0 Å². The van der Waals surface area contributed by atoms with Crippen LogP contribution in [0.1, 0.15) is 38.3 Å². The van der Waals surface area contributed by atoms with E-state index in [1.54, 1.807) is 41.1 Å². The molecule has 0 fully saturated rings. The minimum absolute atomic E-state index is 0.171. The van der Waals surface area contributed by atoms with Crippen molar-refractivity contribution in [2.45, 2.75) is 31.5 Å². The summed E-state index contributed by atoms with van der Waals surface area (Å²) >= 11 is 0. The lowest BCUT2D eigenvalue weighted by Gasteiger charge is -2.21. The van der Waals surface area contributed by atoms with Crippen molar-refractivity contribution in [1.29, 1.82) is 0 Å². The maximum Gasteiger partial charge on any atom is 0.335 e. The molecule has 1 heterocycles. The number of aliphatic hydroxyl groups excluding tert-OH is 1. The molecule has 0 radical (unpaired) electrons. The average molecular weight is 565 g/mol. The largest absolute Gasteiger partial charge is 0.479 e. The third-order valence-corrected chi connectivity index (χ3v) is 6.95. The van der Waals surface area contributed by atoms with Crippen LogP contribution in [-0.4, -0.2) is 60.3 Å². The number of aromatic carboxylic acids is 1. The molecule has 0 saturated carbocycles. The van der Waals surface area contributed by atoms with Crippen molar-refractivity contribution in [2.75, 3.05) is 0 Å². The lowest BCUT2D eigenvalue weighted by atomic mass is 9.97. The smallest absolute Gasteiger partial charge is 0.335 e. The molecule has 1 amide bonds. The Hall–Kier alpha value is -5.35. The number of nitrogens with one attached hydrogen (secondary N) is 1. The number of aliphatic hydroxyl groups is 1. The molecule has 2 atom stereocenters. The van der Waals surface area contributed by atoms with Crippen LogP contribution < -0.4 is 5.32 Å². The number of hydrogen-bond acceptors (Lipinski definition) is 6. The first kappa shape index (κ1) is 28.2. The molecule has 0 aliphatic carbocycles. The Balaban J connectivity index is 1.31. The Morgan fingerprint density at radius 2 is 1.52 bits per heavy atom. The van der Waals surface area contributed by atoms with E-state index in [4.69, 9.17) is 0 Å². The molecule has 1 aromatic heterocycles. The predicted octanol–water partition coefficient (Wildman–Crippen LogP) is 4.02. The number of carbonyl (C=O) groups is 3. The average Bonchev–Trinajstić information content (AvgIpc) is 3.39. The highest BCUT2D eigenvalue weighted by molar-refractivity contribution is 5.97. The van der Waals surface area contributed by atoms with E-state index in [2.05, 4.69) is 15.6 Å². The van der Waals surface area contributed by atoms with Crippen LogP contribution in [0.2, 0.25) is 0 Å². The first-order valence-electron chi connectivity index (χ1n) is 13.3. The summed E-state index contributed by atoms with van der Waals surface area (Å²) in [4.78, 5) is 35.9. The summed E-state index contributed by atoms with van der Waals surface area (Å²) in [5.74, 6) is -2.82. The highest BCUT2D eigenvalue weighted by atomic mass is 16.4. The molecule has 0 aliphatic rings. The molecule has 5 aromatic rings. The molecule has 0 spiro atoms. The third-order valence-electron chi connectivity index (χ3n) is 6.95. The SMILES string of the molecule is O=C(O)c1cccc(Cn2nnc3cc(C(=O)NC(Cc4ccc(-c5ccccc5)cc4)C[C@@H](O)C(=O)O)ccc32)c1. The number of rotatable bonds is 11. The second-order valence-electron chi connectivity index (χ2n) is 9.98. The Morgan fingerprint density at radius 3 is 2.24 bits per heavy atom. The van der Waals surface area contributed by atoms with E-state index in [1.807, 2.05) is 54.6 Å². The number of nitrogens with zero attached hydrogens (tertiary/aromatic N) is 3. The quantitative estimate of drug-likeness (QED) is 0.188. The van der Waals surface area contributed by atoms with Gasteiger partial charge < -0.3 is 20.6 Å². The molecule has 42 heavy (non-hydrogen) atoms. The van der Waals surface area contributed by atoms with Gasteiger partial charge in [-0.25, -0.2) is 14.3 Å². The van der Waals surface area contributed by atoms with E-state index in [9.17, 15) is 29.7 Å². The fourth-order valence-electron chi connectivity index (χ4n) is 4.79. The molecule has 4 aromatic carbocycles. The summed E-state index contributed by atoms with van der Waals surface area (Å²) in [7, 11) is 0. The van der Waals surface area contributed by atoms with Gasteiger partial charge in [0, 0.05) is 18.0 Å². The number of aromatic nitrogens is 3. The number of amides is 1. The van der Waals surface area contributed by atoms with Gasteiger partial charge >= 0.3 is 11.9 Å². The van der Waals surface area contributed by atoms with E-state index in [0.29, 0.717) is 29.6 Å². The van der Waals surface area contributed by atoms with Gasteiger partial charge in [-0.05, 0) is 59.0 Å². The van der Waals surface area contributed by atoms with E-state index in [-0.39, 0.29) is 12.0 Å². The number of carbonyl (C=O) groups excluding carboxylic acids is 1. The van der Waals surface area contributed by atoms with Crippen LogP contribution in [0, 0.1) is 0 Å². The molecular formula is C32H28N4O6. The van der Waals surface area contributed by atoms with Gasteiger partial charge in [-0.2, -0.15) is 0 Å². The van der Waals surface area contributed by atoms with Crippen molar-refractivity contribution in [3.63, 3.8) is 0 Å². The lowest BCUT2D eigenvalue weighted by Crippen LogP contribution is -2.40. The van der Waals surface area contributed by atoms with Crippen molar-refractivity contribution < 1.29 is 29.7 Å².